The molecule has 0 spiro atoms. The van der Waals surface area contributed by atoms with E-state index in [-0.39, 0.29) is 5.02 Å². The number of pyridine rings is 1. The summed E-state index contributed by atoms with van der Waals surface area (Å²) in [6.07, 6.45) is -3.17. The van der Waals surface area contributed by atoms with E-state index in [9.17, 15) is 17.2 Å². The Kier molecular flexibility index (Phi) is 3.68. The molecule has 0 aliphatic carbocycles. The first-order chi connectivity index (χ1) is 7.27. The first-order valence-corrected chi connectivity index (χ1v) is 6.29. The molecule has 9 heteroatoms. The fourth-order valence-electron chi connectivity index (χ4n) is 0.916. The quantitative estimate of drug-likeness (QED) is 0.783. The van der Waals surface area contributed by atoms with Crippen molar-refractivity contribution < 1.29 is 17.2 Å². The van der Waals surface area contributed by atoms with Gasteiger partial charge in [-0.05, 0) is 6.07 Å². The molecule has 0 aliphatic rings. The van der Waals surface area contributed by atoms with Crippen molar-refractivity contribution in [1.29, 1.82) is 5.26 Å². The topological polar surface area (TPSA) is 70.8 Å². The molecule has 1 rings (SSSR count). The van der Waals surface area contributed by atoms with Gasteiger partial charge in [-0.25, -0.2) is 22.2 Å². The van der Waals surface area contributed by atoms with Crippen LogP contribution in [-0.2, 0) is 9.05 Å². The maximum atomic E-state index is 12.5. The van der Waals surface area contributed by atoms with Crippen molar-refractivity contribution in [1.82, 2.24) is 4.98 Å². The van der Waals surface area contributed by atoms with E-state index in [0.29, 0.717) is 6.07 Å². The van der Waals surface area contributed by atoms with Gasteiger partial charge in [-0.15, -0.1) is 0 Å². The van der Waals surface area contributed by atoms with Gasteiger partial charge >= 0.3 is 0 Å². The van der Waals surface area contributed by atoms with Crippen molar-refractivity contribution in [2.75, 3.05) is 0 Å². The largest absolute Gasteiger partial charge is 0.281 e. The third-order valence-electron chi connectivity index (χ3n) is 1.54. The molecule has 0 unspecified atom stereocenters. The standard InChI is InChI=1S/C7H2Cl2F2N2O2S/c8-3-1-5(16(9,14)15)6(7(10)11)13-4(3)2-12/h1,7H. The highest BCUT2D eigenvalue weighted by Crippen LogP contribution is 2.30. The van der Waals surface area contributed by atoms with E-state index in [1.807, 2.05) is 0 Å². The molecular formula is C7H2Cl2F2N2O2S. The van der Waals surface area contributed by atoms with Gasteiger partial charge in [0.25, 0.3) is 15.5 Å². The van der Waals surface area contributed by atoms with Crippen LogP contribution in [0.3, 0.4) is 0 Å². The Bertz CT molecular complexity index is 568. The van der Waals surface area contributed by atoms with E-state index in [2.05, 4.69) is 4.98 Å². The van der Waals surface area contributed by atoms with Gasteiger partial charge in [0, 0.05) is 10.7 Å². The summed E-state index contributed by atoms with van der Waals surface area (Å²) in [5.74, 6) is 0. The summed E-state index contributed by atoms with van der Waals surface area (Å²) >= 11 is 5.46. The first kappa shape index (κ1) is 13.1. The molecule has 0 bridgehead atoms. The second-order valence-corrected chi connectivity index (χ2v) is 5.49. The number of alkyl halides is 2. The minimum absolute atomic E-state index is 0.355. The molecular weight excluding hydrogens is 285 g/mol. The Labute approximate surface area is 98.8 Å². The molecule has 0 amide bonds. The Morgan fingerprint density at radius 1 is 1.50 bits per heavy atom. The molecule has 0 aromatic carbocycles. The van der Waals surface area contributed by atoms with Gasteiger partial charge in [-0.3, -0.25) is 0 Å². The van der Waals surface area contributed by atoms with E-state index in [0.717, 1.165) is 0 Å². The zero-order valence-corrected chi connectivity index (χ0v) is 9.61. The fraction of sp³-hybridized carbons (Fsp3) is 0.143. The summed E-state index contributed by atoms with van der Waals surface area (Å²) < 4.78 is 46.9. The molecule has 16 heavy (non-hydrogen) atoms. The molecule has 4 nitrogen and oxygen atoms in total. The van der Waals surface area contributed by atoms with Crippen LogP contribution >= 0.6 is 22.3 Å². The van der Waals surface area contributed by atoms with Crippen LogP contribution in [-0.4, -0.2) is 13.4 Å². The molecule has 0 N–H and O–H groups in total. The number of rotatable bonds is 2. The Morgan fingerprint density at radius 2 is 2.06 bits per heavy atom. The Morgan fingerprint density at radius 3 is 2.44 bits per heavy atom. The zero-order chi connectivity index (χ0) is 12.5. The average molecular weight is 287 g/mol. The Balaban J connectivity index is 3.63. The highest BCUT2D eigenvalue weighted by Gasteiger charge is 2.25. The Hall–Kier alpha value is -0.970. The summed E-state index contributed by atoms with van der Waals surface area (Å²) in [5, 5.41) is 8.14. The highest BCUT2D eigenvalue weighted by molar-refractivity contribution is 8.13. The lowest BCUT2D eigenvalue weighted by Crippen LogP contribution is -2.04. The summed E-state index contributed by atoms with van der Waals surface area (Å²) in [7, 11) is 0.543. The second kappa shape index (κ2) is 4.49. The average Bonchev–Trinajstić information content (AvgIpc) is 2.15. The van der Waals surface area contributed by atoms with Gasteiger partial charge in [-0.2, -0.15) is 5.26 Å². The summed E-state index contributed by atoms with van der Waals surface area (Å²) in [4.78, 5) is 2.25. The zero-order valence-electron chi connectivity index (χ0n) is 7.29. The maximum Gasteiger partial charge on any atom is 0.281 e. The second-order valence-electron chi connectivity index (χ2n) is 2.55. The lowest BCUT2D eigenvalue weighted by Gasteiger charge is -2.06. The highest BCUT2D eigenvalue weighted by atomic mass is 35.7. The van der Waals surface area contributed by atoms with Gasteiger partial charge in [0.05, 0.1) is 5.02 Å². The molecule has 0 atom stereocenters. The summed E-state index contributed by atoms with van der Waals surface area (Å²) in [5.41, 5.74) is -1.57. The number of hydrogen-bond acceptors (Lipinski definition) is 4. The van der Waals surface area contributed by atoms with Gasteiger partial charge in [0.15, 0.2) is 5.69 Å². The number of aromatic nitrogens is 1. The lowest BCUT2D eigenvalue weighted by atomic mass is 10.3. The van der Waals surface area contributed by atoms with E-state index >= 15 is 0 Å². The van der Waals surface area contributed by atoms with E-state index < -0.39 is 31.8 Å². The van der Waals surface area contributed by atoms with Crippen molar-refractivity contribution in [3.05, 3.63) is 22.5 Å². The molecule has 1 heterocycles. The smallest absolute Gasteiger partial charge is 0.233 e. The number of nitriles is 1. The molecule has 0 saturated heterocycles. The van der Waals surface area contributed by atoms with Crippen LogP contribution in [0.15, 0.2) is 11.0 Å². The fourth-order valence-corrected chi connectivity index (χ4v) is 2.19. The molecule has 86 valence electrons. The molecule has 0 radical (unpaired) electrons. The molecule has 1 aromatic heterocycles. The first-order valence-electron chi connectivity index (χ1n) is 3.60. The van der Waals surface area contributed by atoms with Crippen molar-refractivity contribution in [3.63, 3.8) is 0 Å². The molecule has 0 fully saturated rings. The van der Waals surface area contributed by atoms with E-state index in [1.165, 1.54) is 6.07 Å². The van der Waals surface area contributed by atoms with Crippen LogP contribution in [0.4, 0.5) is 8.78 Å². The van der Waals surface area contributed by atoms with Crippen molar-refractivity contribution in [2.24, 2.45) is 0 Å². The molecule has 0 aliphatic heterocycles. The van der Waals surface area contributed by atoms with E-state index in [4.69, 9.17) is 27.5 Å². The van der Waals surface area contributed by atoms with Crippen LogP contribution in [0.25, 0.3) is 0 Å². The summed E-state index contributed by atoms with van der Waals surface area (Å²) in [6, 6.07) is 2.13. The normalized spacial score (nSPS) is 11.5. The van der Waals surface area contributed by atoms with Crippen LogP contribution < -0.4 is 0 Å². The maximum absolute atomic E-state index is 12.5. The van der Waals surface area contributed by atoms with Crippen molar-refractivity contribution in [2.45, 2.75) is 11.3 Å². The SMILES string of the molecule is N#Cc1nc(C(F)F)c(S(=O)(=O)Cl)cc1Cl. The molecule has 0 saturated carbocycles. The number of nitrogens with zero attached hydrogens (tertiary/aromatic N) is 2. The van der Waals surface area contributed by atoms with Crippen LogP contribution in [0, 0.1) is 11.3 Å². The predicted molar refractivity (Wildman–Crippen MR) is 52.0 cm³/mol. The number of hydrogen-bond donors (Lipinski definition) is 0. The van der Waals surface area contributed by atoms with Crippen LogP contribution in [0.2, 0.25) is 5.02 Å². The molecule has 1 aromatic rings. The van der Waals surface area contributed by atoms with Crippen LogP contribution in [0.5, 0.6) is 0 Å². The third kappa shape index (κ3) is 2.58. The van der Waals surface area contributed by atoms with Gasteiger partial charge in [0.1, 0.15) is 16.7 Å². The monoisotopic (exact) mass is 286 g/mol. The van der Waals surface area contributed by atoms with Gasteiger partial charge < -0.3 is 0 Å². The predicted octanol–water partition coefficient (Wildman–Crippen LogP) is 2.47. The van der Waals surface area contributed by atoms with Crippen molar-refractivity contribution in [3.8, 4) is 6.07 Å². The third-order valence-corrected chi connectivity index (χ3v) is 3.18. The summed E-state index contributed by atoms with van der Waals surface area (Å²) in [6.45, 7) is 0. The lowest BCUT2D eigenvalue weighted by molar-refractivity contribution is 0.142. The number of halogens is 4. The van der Waals surface area contributed by atoms with E-state index in [1.54, 1.807) is 0 Å². The van der Waals surface area contributed by atoms with Crippen LogP contribution in [0.1, 0.15) is 17.8 Å². The van der Waals surface area contributed by atoms with Crippen molar-refractivity contribution >= 4 is 31.3 Å². The minimum atomic E-state index is -4.39. The minimum Gasteiger partial charge on any atom is -0.233 e. The van der Waals surface area contributed by atoms with Gasteiger partial charge in [0.2, 0.25) is 0 Å². The van der Waals surface area contributed by atoms with Gasteiger partial charge in [-0.1, -0.05) is 11.6 Å².